The molecule has 1 fully saturated rings. The number of carbonyl (C=O) groups excluding carboxylic acids is 1. The maximum Gasteiger partial charge on any atom is 0.159 e. The SMILES string of the molecule is CCCC(=O)CN=C1C(F)CC(c2ccccc2)N1C. The number of nitrogens with zero attached hydrogens (tertiary/aromatic N) is 2. The highest BCUT2D eigenvalue weighted by atomic mass is 19.1. The highest BCUT2D eigenvalue weighted by Crippen LogP contribution is 2.33. The fourth-order valence-corrected chi connectivity index (χ4v) is 2.61. The van der Waals surface area contributed by atoms with Crippen molar-refractivity contribution >= 4 is 11.6 Å². The molecule has 1 aliphatic heterocycles. The van der Waals surface area contributed by atoms with E-state index < -0.39 is 6.17 Å². The third kappa shape index (κ3) is 3.24. The molecule has 2 rings (SSSR count). The molecule has 0 amide bonds. The van der Waals surface area contributed by atoms with Crippen LogP contribution in [0.5, 0.6) is 0 Å². The van der Waals surface area contributed by atoms with Gasteiger partial charge in [0.1, 0.15) is 5.84 Å². The average molecular weight is 276 g/mol. The van der Waals surface area contributed by atoms with Gasteiger partial charge in [-0.15, -0.1) is 0 Å². The van der Waals surface area contributed by atoms with E-state index in [1.54, 1.807) is 0 Å². The molecule has 0 radical (unpaired) electrons. The second kappa shape index (κ2) is 6.64. The minimum absolute atomic E-state index is 0.00577. The summed E-state index contributed by atoms with van der Waals surface area (Å²) in [4.78, 5) is 17.6. The number of rotatable bonds is 5. The summed E-state index contributed by atoms with van der Waals surface area (Å²) in [6.45, 7) is 2.05. The second-order valence-corrected chi connectivity index (χ2v) is 5.20. The van der Waals surface area contributed by atoms with E-state index in [1.165, 1.54) is 0 Å². The number of hydrogen-bond donors (Lipinski definition) is 0. The topological polar surface area (TPSA) is 32.7 Å². The number of amidine groups is 1. The van der Waals surface area contributed by atoms with E-state index in [0.717, 1.165) is 12.0 Å². The second-order valence-electron chi connectivity index (χ2n) is 5.20. The van der Waals surface area contributed by atoms with Gasteiger partial charge >= 0.3 is 0 Å². The Balaban J connectivity index is 2.09. The summed E-state index contributed by atoms with van der Waals surface area (Å²) < 4.78 is 14.1. The molecule has 2 unspecified atom stereocenters. The molecule has 1 aromatic rings. The average Bonchev–Trinajstić information content (AvgIpc) is 2.73. The number of ketones is 1. The summed E-state index contributed by atoms with van der Waals surface area (Å²) in [5.74, 6) is 0.479. The Morgan fingerprint density at radius 2 is 2.10 bits per heavy atom. The predicted molar refractivity (Wildman–Crippen MR) is 78.7 cm³/mol. The number of alkyl halides is 1. The van der Waals surface area contributed by atoms with Crippen LogP contribution in [0.2, 0.25) is 0 Å². The molecule has 0 aromatic heterocycles. The number of carbonyl (C=O) groups is 1. The minimum Gasteiger partial charge on any atom is -0.354 e. The lowest BCUT2D eigenvalue weighted by molar-refractivity contribution is -0.117. The molecule has 1 heterocycles. The van der Waals surface area contributed by atoms with Crippen LogP contribution in [-0.2, 0) is 4.79 Å². The van der Waals surface area contributed by atoms with Crippen LogP contribution in [0, 0.1) is 0 Å². The molecule has 1 aromatic carbocycles. The van der Waals surface area contributed by atoms with Crippen molar-refractivity contribution < 1.29 is 9.18 Å². The third-order valence-corrected chi connectivity index (χ3v) is 3.67. The van der Waals surface area contributed by atoms with Crippen molar-refractivity contribution in [2.75, 3.05) is 13.6 Å². The maximum atomic E-state index is 14.1. The standard InChI is InChI=1S/C16H21FN2O/c1-3-7-13(20)11-18-16-14(17)10-15(19(16)2)12-8-5-4-6-9-12/h4-6,8-9,14-15H,3,7,10-11H2,1-2H3. The molecule has 108 valence electrons. The van der Waals surface area contributed by atoms with Crippen LogP contribution >= 0.6 is 0 Å². The van der Waals surface area contributed by atoms with E-state index in [4.69, 9.17) is 0 Å². The zero-order valence-corrected chi connectivity index (χ0v) is 12.1. The quantitative estimate of drug-likeness (QED) is 0.827. The van der Waals surface area contributed by atoms with Gasteiger partial charge in [-0.2, -0.15) is 0 Å². The Kier molecular flexibility index (Phi) is 4.88. The first kappa shape index (κ1) is 14.7. The molecule has 3 nitrogen and oxygen atoms in total. The van der Waals surface area contributed by atoms with Crippen molar-refractivity contribution in [1.82, 2.24) is 4.90 Å². The Morgan fingerprint density at radius 3 is 2.75 bits per heavy atom. The molecule has 0 aliphatic carbocycles. The van der Waals surface area contributed by atoms with Gasteiger partial charge in [0.15, 0.2) is 12.0 Å². The molecule has 1 aliphatic rings. The first-order valence-corrected chi connectivity index (χ1v) is 7.11. The Labute approximate surface area is 119 Å². The van der Waals surface area contributed by atoms with E-state index >= 15 is 0 Å². The highest BCUT2D eigenvalue weighted by Gasteiger charge is 2.36. The fraction of sp³-hybridized carbons (Fsp3) is 0.500. The van der Waals surface area contributed by atoms with Gasteiger partial charge in [0.25, 0.3) is 0 Å². The highest BCUT2D eigenvalue weighted by molar-refractivity contribution is 5.91. The molecular formula is C16H21FN2O. The van der Waals surface area contributed by atoms with Crippen LogP contribution < -0.4 is 0 Å². The number of likely N-dealkylation sites (tertiary alicyclic amines) is 1. The molecule has 1 saturated heterocycles. The van der Waals surface area contributed by atoms with Crippen LogP contribution in [0.3, 0.4) is 0 Å². The fourth-order valence-electron chi connectivity index (χ4n) is 2.61. The predicted octanol–water partition coefficient (Wildman–Crippen LogP) is 3.17. The normalized spacial score (nSPS) is 24.4. The largest absolute Gasteiger partial charge is 0.354 e. The van der Waals surface area contributed by atoms with Crippen LogP contribution in [-0.4, -0.2) is 36.3 Å². The van der Waals surface area contributed by atoms with Gasteiger partial charge in [-0.1, -0.05) is 37.3 Å². The Hall–Kier alpha value is -1.71. The lowest BCUT2D eigenvalue weighted by atomic mass is 10.0. The molecule has 0 spiro atoms. The number of benzene rings is 1. The Morgan fingerprint density at radius 1 is 1.40 bits per heavy atom. The van der Waals surface area contributed by atoms with Gasteiger partial charge in [0, 0.05) is 19.9 Å². The summed E-state index contributed by atoms with van der Waals surface area (Å²) in [5, 5.41) is 0. The van der Waals surface area contributed by atoms with E-state index in [9.17, 15) is 9.18 Å². The van der Waals surface area contributed by atoms with Crippen molar-refractivity contribution in [3.63, 3.8) is 0 Å². The van der Waals surface area contributed by atoms with E-state index in [2.05, 4.69) is 4.99 Å². The zero-order valence-electron chi connectivity index (χ0n) is 12.1. The third-order valence-electron chi connectivity index (χ3n) is 3.67. The van der Waals surface area contributed by atoms with Crippen molar-refractivity contribution in [1.29, 1.82) is 0 Å². The maximum absolute atomic E-state index is 14.1. The summed E-state index contributed by atoms with van der Waals surface area (Å²) in [7, 11) is 1.85. The minimum atomic E-state index is -1.08. The molecule has 2 atom stereocenters. The van der Waals surface area contributed by atoms with Crippen molar-refractivity contribution in [3.05, 3.63) is 35.9 Å². The first-order valence-electron chi connectivity index (χ1n) is 7.11. The molecular weight excluding hydrogens is 255 g/mol. The van der Waals surface area contributed by atoms with Gasteiger partial charge in [-0.3, -0.25) is 9.79 Å². The number of Topliss-reactive ketones (excluding diaryl/α,β-unsaturated/α-hetero) is 1. The van der Waals surface area contributed by atoms with Crippen LogP contribution in [0.25, 0.3) is 0 Å². The van der Waals surface area contributed by atoms with Gasteiger partial charge < -0.3 is 4.90 Å². The van der Waals surface area contributed by atoms with Gasteiger partial charge in [-0.25, -0.2) is 4.39 Å². The lowest BCUT2D eigenvalue weighted by Gasteiger charge is -2.21. The number of hydrogen-bond acceptors (Lipinski definition) is 2. The monoisotopic (exact) mass is 276 g/mol. The van der Waals surface area contributed by atoms with Gasteiger partial charge in [0.05, 0.1) is 12.6 Å². The van der Waals surface area contributed by atoms with E-state index in [-0.39, 0.29) is 18.4 Å². The van der Waals surface area contributed by atoms with Crippen LogP contribution in [0.15, 0.2) is 35.3 Å². The first-order chi connectivity index (χ1) is 9.63. The van der Waals surface area contributed by atoms with Gasteiger partial charge in [0.2, 0.25) is 0 Å². The molecule has 0 bridgehead atoms. The summed E-state index contributed by atoms with van der Waals surface area (Å²) in [6.07, 6.45) is 0.645. The molecule has 0 N–H and O–H groups in total. The molecule has 0 saturated carbocycles. The van der Waals surface area contributed by atoms with Crippen molar-refractivity contribution in [2.24, 2.45) is 4.99 Å². The molecule has 4 heteroatoms. The summed E-state index contributed by atoms with van der Waals surface area (Å²) in [6, 6.07) is 9.86. The van der Waals surface area contributed by atoms with Crippen LogP contribution in [0.4, 0.5) is 4.39 Å². The molecule has 20 heavy (non-hydrogen) atoms. The summed E-state index contributed by atoms with van der Waals surface area (Å²) >= 11 is 0. The number of aliphatic imine (C=N–C) groups is 1. The Bertz CT molecular complexity index is 487. The lowest BCUT2D eigenvalue weighted by Crippen LogP contribution is -2.27. The van der Waals surface area contributed by atoms with Crippen molar-refractivity contribution in [2.45, 2.75) is 38.4 Å². The van der Waals surface area contributed by atoms with E-state index in [1.807, 2.05) is 49.2 Å². The van der Waals surface area contributed by atoms with Gasteiger partial charge in [-0.05, 0) is 12.0 Å². The van der Waals surface area contributed by atoms with Crippen molar-refractivity contribution in [3.8, 4) is 0 Å². The number of halogens is 1. The van der Waals surface area contributed by atoms with E-state index in [0.29, 0.717) is 18.7 Å². The summed E-state index contributed by atoms with van der Waals surface area (Å²) in [5.41, 5.74) is 1.09. The zero-order chi connectivity index (χ0) is 14.5. The smallest absolute Gasteiger partial charge is 0.159 e. The van der Waals surface area contributed by atoms with Crippen LogP contribution in [0.1, 0.15) is 37.8 Å².